The van der Waals surface area contributed by atoms with E-state index in [4.69, 9.17) is 18.9 Å². The van der Waals surface area contributed by atoms with Crippen molar-refractivity contribution in [3.63, 3.8) is 0 Å². The Kier molecular flexibility index (Phi) is 7.63. The lowest BCUT2D eigenvalue weighted by molar-refractivity contribution is -0.00000747. The lowest BCUT2D eigenvalue weighted by Crippen LogP contribution is -3.00. The molecule has 1 aliphatic heterocycles. The third-order valence-electron chi connectivity index (χ3n) is 3.76. The second-order valence-electron chi connectivity index (χ2n) is 5.60. The van der Waals surface area contributed by atoms with Crippen LogP contribution in [0.15, 0.2) is 49.1 Å². The molecular weight excluding hydrogens is 354 g/mol. The van der Waals surface area contributed by atoms with Crippen LogP contribution in [0.1, 0.15) is 18.1 Å². The van der Waals surface area contributed by atoms with Gasteiger partial charge in [0.25, 0.3) is 0 Å². The zero-order valence-electron chi connectivity index (χ0n) is 14.8. The van der Waals surface area contributed by atoms with E-state index in [0.717, 1.165) is 47.2 Å². The lowest BCUT2D eigenvalue weighted by atomic mass is 10.1. The van der Waals surface area contributed by atoms with Gasteiger partial charge in [-0.05, 0) is 42.3 Å². The molecule has 1 aliphatic rings. The number of halogens is 1. The number of nitrogens with one attached hydrogen (secondary N) is 1. The number of ether oxygens (including phenoxy) is 4. The summed E-state index contributed by atoms with van der Waals surface area (Å²) in [7, 11) is 0. The average Bonchev–Trinajstić information content (AvgIpc) is 3.09. The van der Waals surface area contributed by atoms with E-state index in [-0.39, 0.29) is 12.4 Å². The van der Waals surface area contributed by atoms with Crippen LogP contribution in [0.4, 0.5) is 0 Å². The van der Waals surface area contributed by atoms with Gasteiger partial charge in [0, 0.05) is 13.1 Å². The van der Waals surface area contributed by atoms with Crippen LogP contribution < -0.4 is 36.7 Å². The maximum absolute atomic E-state index is 5.67. The molecule has 3 rings (SSSR count). The summed E-state index contributed by atoms with van der Waals surface area (Å²) < 4.78 is 22.0. The van der Waals surface area contributed by atoms with Crippen LogP contribution in [0.2, 0.25) is 0 Å². The van der Waals surface area contributed by atoms with Crippen LogP contribution in [0.25, 0.3) is 0 Å². The van der Waals surface area contributed by atoms with Crippen LogP contribution in [0.5, 0.6) is 23.0 Å². The van der Waals surface area contributed by atoms with Gasteiger partial charge in [0.15, 0.2) is 23.0 Å². The monoisotopic (exact) mass is 376 g/mol. The fourth-order valence-electron chi connectivity index (χ4n) is 2.60. The first-order valence-corrected chi connectivity index (χ1v) is 8.39. The van der Waals surface area contributed by atoms with E-state index < -0.39 is 0 Å². The third-order valence-corrected chi connectivity index (χ3v) is 3.76. The molecule has 26 heavy (non-hydrogen) atoms. The first kappa shape index (κ1) is 19.9. The second-order valence-corrected chi connectivity index (χ2v) is 5.60. The normalized spacial score (nSPS) is 11.6. The van der Waals surface area contributed by atoms with E-state index >= 15 is 0 Å². The molecule has 6 heteroatoms. The van der Waals surface area contributed by atoms with Crippen molar-refractivity contribution in [3.8, 4) is 23.0 Å². The van der Waals surface area contributed by atoms with Gasteiger partial charge in [-0.2, -0.15) is 0 Å². The van der Waals surface area contributed by atoms with Gasteiger partial charge in [-0.1, -0.05) is 24.8 Å². The Balaban J connectivity index is 0.00000243. The largest absolute Gasteiger partial charge is 1.00 e. The first-order chi connectivity index (χ1) is 12.3. The minimum Gasteiger partial charge on any atom is -1.00 e. The predicted octanol–water partition coefficient (Wildman–Crippen LogP) is 0.673. The van der Waals surface area contributed by atoms with Gasteiger partial charge >= 0.3 is 0 Å². The van der Waals surface area contributed by atoms with Gasteiger partial charge in [0.05, 0.1) is 6.61 Å². The van der Waals surface area contributed by atoms with E-state index in [0.29, 0.717) is 20.0 Å². The molecule has 0 saturated carbocycles. The van der Waals surface area contributed by atoms with Crippen molar-refractivity contribution in [2.45, 2.75) is 20.0 Å². The molecule has 0 fully saturated rings. The highest BCUT2D eigenvalue weighted by molar-refractivity contribution is 5.45. The number of hydrogen-bond acceptors (Lipinski definition) is 5. The summed E-state index contributed by atoms with van der Waals surface area (Å²) in [5.74, 6) is 3.11. The van der Waals surface area contributed by atoms with Crippen molar-refractivity contribution in [2.24, 2.45) is 0 Å². The van der Waals surface area contributed by atoms with E-state index in [1.807, 2.05) is 43.3 Å². The molecule has 140 valence electrons. The standard InChI is InChI=1S/C20H23NO4.ClH/c1-3-9-23-17-7-5-15(10-19(17)22-4-2)12-21-13-16-6-8-18-20(11-16)25-14-24-18;/h3,5-8,10-11,21H,1,4,9,12-14H2,2H3;1H/p-1. The van der Waals surface area contributed by atoms with Crippen molar-refractivity contribution in [1.29, 1.82) is 0 Å². The fourth-order valence-corrected chi connectivity index (χ4v) is 2.60. The van der Waals surface area contributed by atoms with Crippen LogP contribution in [0, 0.1) is 0 Å². The first-order valence-electron chi connectivity index (χ1n) is 8.39. The highest BCUT2D eigenvalue weighted by Crippen LogP contribution is 2.32. The van der Waals surface area contributed by atoms with Crippen molar-refractivity contribution in [3.05, 3.63) is 60.2 Å². The summed E-state index contributed by atoms with van der Waals surface area (Å²) >= 11 is 0. The predicted molar refractivity (Wildman–Crippen MR) is 96.4 cm³/mol. The quantitative estimate of drug-likeness (QED) is 0.652. The Morgan fingerprint density at radius 3 is 2.50 bits per heavy atom. The zero-order chi connectivity index (χ0) is 17.5. The number of hydrogen-bond donors (Lipinski definition) is 1. The van der Waals surface area contributed by atoms with E-state index in [1.165, 1.54) is 0 Å². The summed E-state index contributed by atoms with van der Waals surface area (Å²) in [4.78, 5) is 0. The van der Waals surface area contributed by atoms with Crippen molar-refractivity contribution >= 4 is 0 Å². The Labute approximate surface area is 160 Å². The van der Waals surface area contributed by atoms with Crippen LogP contribution in [-0.4, -0.2) is 20.0 Å². The molecule has 2 aromatic carbocycles. The van der Waals surface area contributed by atoms with Crippen LogP contribution in [0.3, 0.4) is 0 Å². The molecule has 0 amide bonds. The lowest BCUT2D eigenvalue weighted by Gasteiger charge is -2.13. The van der Waals surface area contributed by atoms with E-state index in [2.05, 4.69) is 11.9 Å². The number of fused-ring (bicyclic) bond motifs is 1. The molecular formula is C20H23ClNO4-. The highest BCUT2D eigenvalue weighted by atomic mass is 35.5. The van der Waals surface area contributed by atoms with Crippen LogP contribution in [-0.2, 0) is 13.1 Å². The van der Waals surface area contributed by atoms with Gasteiger partial charge in [-0.15, -0.1) is 0 Å². The minimum absolute atomic E-state index is 0. The Morgan fingerprint density at radius 1 is 1.00 bits per heavy atom. The Morgan fingerprint density at radius 2 is 1.73 bits per heavy atom. The Bertz CT molecular complexity index is 736. The molecule has 0 aromatic heterocycles. The van der Waals surface area contributed by atoms with E-state index in [9.17, 15) is 0 Å². The van der Waals surface area contributed by atoms with Gasteiger partial charge in [0.2, 0.25) is 6.79 Å². The summed E-state index contributed by atoms with van der Waals surface area (Å²) in [6.45, 7) is 8.46. The summed E-state index contributed by atoms with van der Waals surface area (Å²) in [5.41, 5.74) is 2.29. The zero-order valence-corrected chi connectivity index (χ0v) is 15.6. The van der Waals surface area contributed by atoms with Gasteiger partial charge in [-0.25, -0.2) is 0 Å². The topological polar surface area (TPSA) is 49.0 Å². The SMILES string of the molecule is C=CCOc1ccc(CNCc2ccc3c(c2)OCO3)cc1OCC.[Cl-]. The van der Waals surface area contributed by atoms with Crippen LogP contribution >= 0.6 is 0 Å². The molecule has 0 saturated heterocycles. The van der Waals surface area contributed by atoms with Crippen molar-refractivity contribution in [1.82, 2.24) is 5.32 Å². The second kappa shape index (κ2) is 9.94. The van der Waals surface area contributed by atoms with Gasteiger partial charge in [-0.3, -0.25) is 0 Å². The molecule has 0 radical (unpaired) electrons. The molecule has 1 N–H and O–H groups in total. The molecule has 5 nitrogen and oxygen atoms in total. The summed E-state index contributed by atoms with van der Waals surface area (Å²) in [5, 5.41) is 3.43. The molecule has 0 bridgehead atoms. The minimum atomic E-state index is 0. The molecule has 0 aliphatic carbocycles. The molecule has 2 aromatic rings. The molecule has 0 atom stereocenters. The summed E-state index contributed by atoms with van der Waals surface area (Å²) in [6.07, 6.45) is 1.72. The molecule has 1 heterocycles. The smallest absolute Gasteiger partial charge is 0.231 e. The van der Waals surface area contributed by atoms with Crippen molar-refractivity contribution in [2.75, 3.05) is 20.0 Å². The summed E-state index contributed by atoms with van der Waals surface area (Å²) in [6, 6.07) is 12.0. The average molecular weight is 377 g/mol. The Hall–Kier alpha value is -2.37. The maximum Gasteiger partial charge on any atom is 0.231 e. The highest BCUT2D eigenvalue weighted by Gasteiger charge is 2.13. The third kappa shape index (κ3) is 5.07. The van der Waals surface area contributed by atoms with Gasteiger partial charge < -0.3 is 36.7 Å². The maximum atomic E-state index is 5.67. The fraction of sp³-hybridized carbons (Fsp3) is 0.300. The number of benzene rings is 2. The van der Waals surface area contributed by atoms with Crippen molar-refractivity contribution < 1.29 is 31.4 Å². The molecule has 0 spiro atoms. The van der Waals surface area contributed by atoms with Gasteiger partial charge in [0.1, 0.15) is 6.61 Å². The molecule has 0 unspecified atom stereocenters. The van der Waals surface area contributed by atoms with E-state index in [1.54, 1.807) is 6.08 Å². The number of rotatable bonds is 9.